The van der Waals surface area contributed by atoms with Crippen molar-refractivity contribution in [2.75, 3.05) is 6.61 Å². The van der Waals surface area contributed by atoms with Gasteiger partial charge < -0.3 is 29.7 Å². The monoisotopic (exact) mass is 282 g/mol. The van der Waals surface area contributed by atoms with E-state index in [0.717, 1.165) is 0 Å². The first kappa shape index (κ1) is 17.7. The molecule has 17 heavy (non-hydrogen) atoms. The average Bonchev–Trinajstić information content (AvgIpc) is 2.17. The van der Waals surface area contributed by atoms with Gasteiger partial charge in [-0.3, -0.25) is 4.18 Å². The predicted octanol–water partition coefficient (Wildman–Crippen LogP) is -6.73. The van der Waals surface area contributed by atoms with Crippen molar-refractivity contribution in [3.63, 3.8) is 0 Å². The van der Waals surface area contributed by atoms with Gasteiger partial charge in [0, 0.05) is 0 Å². The summed E-state index contributed by atoms with van der Waals surface area (Å²) >= 11 is 0. The zero-order valence-corrected chi connectivity index (χ0v) is 11.6. The molecular weight excluding hydrogens is 271 g/mol. The molecule has 5 atom stereocenters. The summed E-state index contributed by atoms with van der Waals surface area (Å²) in [5, 5.41) is 36.4. The van der Waals surface area contributed by atoms with Gasteiger partial charge in [0.2, 0.25) is 10.4 Å². The van der Waals surface area contributed by atoms with E-state index in [1.54, 1.807) is 0 Å². The topological polar surface area (TPSA) is 157 Å². The molecule has 1 rings (SSSR count). The van der Waals surface area contributed by atoms with Crippen LogP contribution < -0.4 is 29.6 Å². The van der Waals surface area contributed by atoms with Crippen LogP contribution in [0.1, 0.15) is 0 Å². The molecular formula is C6H11NaO9S. The van der Waals surface area contributed by atoms with Crippen molar-refractivity contribution in [3.8, 4) is 0 Å². The zero-order chi connectivity index (χ0) is 12.5. The van der Waals surface area contributed by atoms with Crippen molar-refractivity contribution in [1.82, 2.24) is 0 Å². The number of hydrogen-bond acceptors (Lipinski definition) is 9. The van der Waals surface area contributed by atoms with Gasteiger partial charge in [-0.1, -0.05) is 0 Å². The summed E-state index contributed by atoms with van der Waals surface area (Å²) in [5.41, 5.74) is 0. The minimum absolute atomic E-state index is 0. The number of ether oxygens (including phenoxy) is 1. The van der Waals surface area contributed by atoms with E-state index in [1.165, 1.54) is 0 Å². The van der Waals surface area contributed by atoms with Crippen LogP contribution in [0.5, 0.6) is 0 Å². The van der Waals surface area contributed by atoms with E-state index in [9.17, 15) is 23.2 Å². The van der Waals surface area contributed by atoms with Crippen molar-refractivity contribution >= 4 is 10.4 Å². The molecule has 4 N–H and O–H groups in total. The summed E-state index contributed by atoms with van der Waals surface area (Å²) in [6.07, 6.45) is -8.78. The van der Waals surface area contributed by atoms with Crippen LogP contribution in [-0.2, 0) is 19.3 Å². The van der Waals surface area contributed by atoms with Crippen LogP contribution in [0.15, 0.2) is 0 Å². The Balaban J connectivity index is 0.00000256. The molecule has 1 aliphatic heterocycles. The third-order valence-corrected chi connectivity index (χ3v) is 2.53. The van der Waals surface area contributed by atoms with Crippen LogP contribution in [0.3, 0.4) is 0 Å². The molecule has 96 valence electrons. The number of aliphatic hydroxyl groups is 4. The van der Waals surface area contributed by atoms with Gasteiger partial charge in [0.05, 0.1) is 6.61 Å². The number of rotatable bonds is 3. The molecule has 0 bridgehead atoms. The molecule has 0 aromatic carbocycles. The Kier molecular flexibility index (Phi) is 6.99. The number of aliphatic hydroxyl groups excluding tert-OH is 4. The molecule has 0 amide bonds. The Hall–Kier alpha value is 0.670. The van der Waals surface area contributed by atoms with Gasteiger partial charge in [0.25, 0.3) is 0 Å². The Labute approximate surface area is 119 Å². The molecule has 0 aliphatic carbocycles. The van der Waals surface area contributed by atoms with Gasteiger partial charge in [-0.25, -0.2) is 8.42 Å². The van der Waals surface area contributed by atoms with E-state index in [4.69, 9.17) is 10.2 Å². The predicted molar refractivity (Wildman–Crippen MR) is 44.5 cm³/mol. The van der Waals surface area contributed by atoms with Gasteiger partial charge in [0.15, 0.2) is 6.29 Å². The van der Waals surface area contributed by atoms with Gasteiger partial charge in [0.1, 0.15) is 24.4 Å². The Morgan fingerprint density at radius 2 is 1.76 bits per heavy atom. The quantitative estimate of drug-likeness (QED) is 0.224. The van der Waals surface area contributed by atoms with Gasteiger partial charge in [-0.05, 0) is 0 Å². The first-order valence-electron chi connectivity index (χ1n) is 4.21. The molecule has 0 aromatic rings. The van der Waals surface area contributed by atoms with Crippen LogP contribution in [0.25, 0.3) is 0 Å². The van der Waals surface area contributed by atoms with Crippen molar-refractivity contribution < 1.29 is 71.9 Å². The summed E-state index contributed by atoms with van der Waals surface area (Å²) in [7, 11) is -5.16. The molecule has 9 nitrogen and oxygen atoms in total. The maximum absolute atomic E-state index is 10.3. The van der Waals surface area contributed by atoms with Crippen LogP contribution >= 0.6 is 0 Å². The average molecular weight is 282 g/mol. The summed E-state index contributed by atoms with van der Waals surface area (Å²) in [6, 6.07) is 0. The molecule has 0 radical (unpaired) electrons. The van der Waals surface area contributed by atoms with E-state index in [-0.39, 0.29) is 29.6 Å². The molecule has 1 saturated heterocycles. The molecule has 0 spiro atoms. The molecule has 0 aromatic heterocycles. The van der Waals surface area contributed by atoms with E-state index in [1.807, 2.05) is 0 Å². The van der Waals surface area contributed by atoms with Crippen LogP contribution in [-0.4, -0.2) is 70.7 Å². The maximum atomic E-state index is 10.3. The third kappa shape index (κ3) is 4.69. The molecule has 1 heterocycles. The Bertz CT molecular complexity index is 332. The molecule has 11 heteroatoms. The minimum atomic E-state index is -5.16. The van der Waals surface area contributed by atoms with E-state index in [0.29, 0.717) is 0 Å². The molecule has 0 saturated carbocycles. The summed E-state index contributed by atoms with van der Waals surface area (Å²) in [4.78, 5) is 0. The Morgan fingerprint density at radius 3 is 2.18 bits per heavy atom. The normalized spacial score (nSPS) is 38.5. The smallest absolute Gasteiger partial charge is 0.726 e. The first-order valence-corrected chi connectivity index (χ1v) is 5.54. The zero-order valence-electron chi connectivity index (χ0n) is 8.83. The van der Waals surface area contributed by atoms with Crippen LogP contribution in [0, 0.1) is 0 Å². The second kappa shape index (κ2) is 6.73. The molecule has 5 unspecified atom stereocenters. The first-order chi connectivity index (χ1) is 7.26. The third-order valence-electron chi connectivity index (χ3n) is 2.07. The van der Waals surface area contributed by atoms with E-state index in [2.05, 4.69) is 8.92 Å². The standard InChI is InChI=1S/C6H12O9S.Na/c7-1-2-3(8)5(15-16(11,12)13)4(9)6(10)14-2;/h2-10H,1H2,(H,11,12,13);/q;+1/p-1. The summed E-state index contributed by atoms with van der Waals surface area (Å²) in [6.45, 7) is -0.746. The SMILES string of the molecule is O=S(=O)([O-])OC1C(O)C(O)OC(CO)C1O.[Na+]. The largest absolute Gasteiger partial charge is 1.00 e. The molecule has 1 aliphatic rings. The van der Waals surface area contributed by atoms with E-state index < -0.39 is 47.7 Å². The number of hydrogen-bond donors (Lipinski definition) is 4. The van der Waals surface area contributed by atoms with Gasteiger partial charge >= 0.3 is 29.6 Å². The molecule has 1 fully saturated rings. The fourth-order valence-electron chi connectivity index (χ4n) is 1.32. The maximum Gasteiger partial charge on any atom is 1.00 e. The van der Waals surface area contributed by atoms with Crippen molar-refractivity contribution in [2.45, 2.75) is 30.7 Å². The fraction of sp³-hybridized carbons (Fsp3) is 1.00. The van der Waals surface area contributed by atoms with Crippen molar-refractivity contribution in [2.24, 2.45) is 0 Å². The van der Waals surface area contributed by atoms with E-state index >= 15 is 0 Å². The second-order valence-corrected chi connectivity index (χ2v) is 4.21. The summed E-state index contributed by atoms with van der Waals surface area (Å²) in [5.74, 6) is 0. The minimum Gasteiger partial charge on any atom is -0.726 e. The van der Waals surface area contributed by atoms with Gasteiger partial charge in [-0.15, -0.1) is 0 Å². The van der Waals surface area contributed by atoms with Crippen LogP contribution in [0.2, 0.25) is 0 Å². The summed E-state index contributed by atoms with van der Waals surface area (Å²) < 4.78 is 39.3. The second-order valence-electron chi connectivity index (χ2n) is 3.20. The Morgan fingerprint density at radius 1 is 1.24 bits per heavy atom. The fourth-order valence-corrected chi connectivity index (χ4v) is 1.82. The van der Waals surface area contributed by atoms with Crippen molar-refractivity contribution in [3.05, 3.63) is 0 Å². The van der Waals surface area contributed by atoms with Gasteiger partial charge in [-0.2, -0.15) is 0 Å². The van der Waals surface area contributed by atoms with Crippen molar-refractivity contribution in [1.29, 1.82) is 0 Å². The van der Waals surface area contributed by atoms with Crippen LogP contribution in [0.4, 0.5) is 0 Å².